The molecule has 0 spiro atoms. The van der Waals surface area contributed by atoms with Crippen molar-refractivity contribution in [1.82, 2.24) is 4.98 Å². The van der Waals surface area contributed by atoms with Gasteiger partial charge >= 0.3 is 0 Å². The smallest absolute Gasteiger partial charge is 0.275 e. The Bertz CT molecular complexity index is 693. The van der Waals surface area contributed by atoms with Crippen LogP contribution in [0.3, 0.4) is 0 Å². The molecule has 0 unspecified atom stereocenters. The Kier molecular flexibility index (Phi) is 5.15. The largest absolute Gasteiger partial charge is 0.320 e. The van der Waals surface area contributed by atoms with Crippen molar-refractivity contribution in [2.45, 2.75) is 0 Å². The standard InChI is InChI=1S/C12H5BrCl4N2O/c13-5-3-1-2-4-6(5)18-12(20)10-8(15)7(14)9(16)11(17)19-10/h1-4H,(H,18,20). The maximum atomic E-state index is 12.2. The highest BCUT2D eigenvalue weighted by Crippen LogP contribution is 2.36. The van der Waals surface area contributed by atoms with Crippen LogP contribution in [0.25, 0.3) is 0 Å². The van der Waals surface area contributed by atoms with Gasteiger partial charge in [0.1, 0.15) is 10.8 Å². The Morgan fingerprint density at radius 1 is 1.05 bits per heavy atom. The molecule has 0 aliphatic rings. The number of nitrogens with zero attached hydrogens (tertiary/aromatic N) is 1. The minimum Gasteiger partial charge on any atom is -0.320 e. The lowest BCUT2D eigenvalue weighted by molar-refractivity contribution is 0.102. The van der Waals surface area contributed by atoms with Gasteiger partial charge in [-0.05, 0) is 28.1 Å². The van der Waals surface area contributed by atoms with Gasteiger partial charge in [0.2, 0.25) is 0 Å². The molecule has 0 radical (unpaired) electrons. The monoisotopic (exact) mass is 412 g/mol. The summed E-state index contributed by atoms with van der Waals surface area (Å²) in [7, 11) is 0. The van der Waals surface area contributed by atoms with Gasteiger partial charge in [-0.25, -0.2) is 4.98 Å². The third-order valence-corrected chi connectivity index (χ3v) is 4.69. The number of amides is 1. The van der Waals surface area contributed by atoms with Crippen molar-refractivity contribution in [3.05, 3.63) is 54.7 Å². The van der Waals surface area contributed by atoms with Crippen molar-refractivity contribution >= 4 is 73.9 Å². The van der Waals surface area contributed by atoms with Gasteiger partial charge < -0.3 is 5.32 Å². The summed E-state index contributed by atoms with van der Waals surface area (Å²) >= 11 is 26.8. The lowest BCUT2D eigenvalue weighted by atomic mass is 10.3. The third kappa shape index (κ3) is 3.21. The van der Waals surface area contributed by atoms with Crippen LogP contribution in [0.15, 0.2) is 28.7 Å². The Balaban J connectivity index is 2.38. The second kappa shape index (κ2) is 6.50. The molecule has 0 aliphatic carbocycles. The minimum absolute atomic E-state index is 0.00869. The van der Waals surface area contributed by atoms with E-state index in [2.05, 4.69) is 26.2 Å². The molecule has 0 aliphatic heterocycles. The third-order valence-electron chi connectivity index (χ3n) is 2.32. The molecular weight excluding hydrogens is 410 g/mol. The molecule has 0 atom stereocenters. The van der Waals surface area contributed by atoms with E-state index in [1.807, 2.05) is 6.07 Å². The fraction of sp³-hybridized carbons (Fsp3) is 0. The van der Waals surface area contributed by atoms with Gasteiger partial charge in [0.15, 0.2) is 0 Å². The molecule has 1 heterocycles. The second-order valence-electron chi connectivity index (χ2n) is 3.63. The van der Waals surface area contributed by atoms with E-state index in [4.69, 9.17) is 46.4 Å². The summed E-state index contributed by atoms with van der Waals surface area (Å²) in [5.74, 6) is -0.539. The van der Waals surface area contributed by atoms with E-state index in [9.17, 15) is 4.79 Å². The van der Waals surface area contributed by atoms with E-state index in [1.165, 1.54) is 0 Å². The number of aromatic nitrogens is 1. The van der Waals surface area contributed by atoms with Crippen LogP contribution < -0.4 is 5.32 Å². The van der Waals surface area contributed by atoms with Gasteiger partial charge in [-0.3, -0.25) is 4.79 Å². The average Bonchev–Trinajstić information content (AvgIpc) is 2.43. The topological polar surface area (TPSA) is 42.0 Å². The number of nitrogens with one attached hydrogen (secondary N) is 1. The van der Waals surface area contributed by atoms with Crippen molar-refractivity contribution in [2.75, 3.05) is 5.32 Å². The number of halogens is 5. The van der Waals surface area contributed by atoms with Gasteiger partial charge in [0.25, 0.3) is 5.91 Å². The number of pyridine rings is 1. The summed E-state index contributed by atoms with van der Waals surface area (Å²) in [5, 5.41) is 2.51. The highest BCUT2D eigenvalue weighted by molar-refractivity contribution is 9.10. The molecule has 1 amide bonds. The maximum absolute atomic E-state index is 12.2. The van der Waals surface area contributed by atoms with Crippen LogP contribution >= 0.6 is 62.3 Å². The SMILES string of the molecule is O=C(Nc1ccccc1Br)c1nc(Cl)c(Cl)c(Cl)c1Cl. The van der Waals surface area contributed by atoms with Crippen LogP contribution in [0.5, 0.6) is 0 Å². The molecule has 20 heavy (non-hydrogen) atoms. The minimum atomic E-state index is -0.539. The average molecular weight is 415 g/mol. The van der Waals surface area contributed by atoms with Crippen LogP contribution in [0.1, 0.15) is 10.5 Å². The van der Waals surface area contributed by atoms with Crippen LogP contribution in [0.2, 0.25) is 20.2 Å². The normalized spacial score (nSPS) is 10.4. The van der Waals surface area contributed by atoms with E-state index < -0.39 is 5.91 Å². The van der Waals surface area contributed by atoms with Crippen LogP contribution in [-0.4, -0.2) is 10.9 Å². The molecule has 1 aromatic heterocycles. The summed E-state index contributed by atoms with van der Waals surface area (Å²) in [6.45, 7) is 0. The van der Waals surface area contributed by atoms with Crippen LogP contribution in [0, 0.1) is 0 Å². The highest BCUT2D eigenvalue weighted by atomic mass is 79.9. The second-order valence-corrected chi connectivity index (χ2v) is 5.97. The van der Waals surface area contributed by atoms with E-state index >= 15 is 0 Å². The fourth-order valence-corrected chi connectivity index (χ4v) is 2.58. The first-order valence-corrected chi connectivity index (χ1v) is 7.48. The summed E-state index contributed by atoms with van der Waals surface area (Å²) in [4.78, 5) is 16.0. The zero-order valence-corrected chi connectivity index (χ0v) is 14.2. The summed E-state index contributed by atoms with van der Waals surface area (Å²) in [5.41, 5.74) is 0.472. The van der Waals surface area contributed by atoms with Gasteiger partial charge in [-0.15, -0.1) is 0 Å². The molecule has 3 nitrogen and oxygen atoms in total. The number of anilines is 1. The van der Waals surface area contributed by atoms with E-state index in [1.54, 1.807) is 18.2 Å². The molecular formula is C12H5BrCl4N2O. The summed E-state index contributed by atoms with van der Waals surface area (Å²) in [6.07, 6.45) is 0. The number of rotatable bonds is 2. The molecule has 0 bridgehead atoms. The molecule has 0 fully saturated rings. The van der Waals surface area contributed by atoms with Gasteiger partial charge in [0, 0.05) is 4.47 Å². The number of hydrogen-bond donors (Lipinski definition) is 1. The number of para-hydroxylation sites is 1. The van der Waals surface area contributed by atoms with E-state index in [0.717, 1.165) is 4.47 Å². The Hall–Kier alpha value is -0.520. The fourth-order valence-electron chi connectivity index (χ4n) is 1.38. The van der Waals surface area contributed by atoms with Crippen LogP contribution in [0.4, 0.5) is 5.69 Å². The molecule has 1 aromatic carbocycles. The predicted octanol–water partition coefficient (Wildman–Crippen LogP) is 5.71. The summed E-state index contributed by atoms with van der Waals surface area (Å²) in [6, 6.07) is 7.10. The van der Waals surface area contributed by atoms with Gasteiger partial charge in [0.05, 0.1) is 20.8 Å². The van der Waals surface area contributed by atoms with Crippen LogP contribution in [-0.2, 0) is 0 Å². The molecule has 0 saturated heterocycles. The number of carbonyl (C=O) groups is 1. The molecule has 0 saturated carbocycles. The lowest BCUT2D eigenvalue weighted by Crippen LogP contribution is -2.15. The first-order valence-electron chi connectivity index (χ1n) is 5.17. The first kappa shape index (κ1) is 15.9. The Morgan fingerprint density at radius 2 is 1.70 bits per heavy atom. The summed E-state index contributed by atoms with van der Waals surface area (Å²) < 4.78 is 0.718. The quantitative estimate of drug-likeness (QED) is 0.639. The molecule has 2 aromatic rings. The Morgan fingerprint density at radius 3 is 2.35 bits per heavy atom. The molecule has 104 valence electrons. The molecule has 1 N–H and O–H groups in total. The van der Waals surface area contributed by atoms with Crippen molar-refractivity contribution < 1.29 is 4.79 Å². The molecule has 8 heteroatoms. The highest BCUT2D eigenvalue weighted by Gasteiger charge is 2.20. The maximum Gasteiger partial charge on any atom is 0.275 e. The zero-order chi connectivity index (χ0) is 14.9. The first-order chi connectivity index (χ1) is 9.41. The van der Waals surface area contributed by atoms with Gasteiger partial charge in [-0.2, -0.15) is 0 Å². The number of carbonyl (C=O) groups excluding carboxylic acids is 1. The zero-order valence-electron chi connectivity index (χ0n) is 9.55. The van der Waals surface area contributed by atoms with E-state index in [-0.39, 0.29) is 25.9 Å². The van der Waals surface area contributed by atoms with Crippen molar-refractivity contribution in [3.63, 3.8) is 0 Å². The van der Waals surface area contributed by atoms with E-state index in [0.29, 0.717) is 5.69 Å². The number of benzene rings is 1. The Labute approximate surface area is 143 Å². The van der Waals surface area contributed by atoms with Crippen molar-refractivity contribution in [3.8, 4) is 0 Å². The van der Waals surface area contributed by atoms with Crippen molar-refractivity contribution in [1.29, 1.82) is 0 Å². The van der Waals surface area contributed by atoms with Crippen molar-refractivity contribution in [2.24, 2.45) is 0 Å². The molecule has 2 rings (SSSR count). The number of hydrogen-bond acceptors (Lipinski definition) is 2. The van der Waals surface area contributed by atoms with Gasteiger partial charge in [-0.1, -0.05) is 58.5 Å². The predicted molar refractivity (Wildman–Crippen MR) is 86.4 cm³/mol. The lowest BCUT2D eigenvalue weighted by Gasteiger charge is -2.10.